The molecule has 0 aliphatic heterocycles. The van der Waals surface area contributed by atoms with Crippen LogP contribution < -0.4 is 19.5 Å². The van der Waals surface area contributed by atoms with E-state index in [1.165, 1.54) is 36.3 Å². The summed E-state index contributed by atoms with van der Waals surface area (Å²) in [6.45, 7) is -0.0835. The lowest BCUT2D eigenvalue weighted by molar-refractivity contribution is -0.130. The highest BCUT2D eigenvalue weighted by Gasteiger charge is 2.17. The summed E-state index contributed by atoms with van der Waals surface area (Å²) in [7, 11) is 0.864. The first kappa shape index (κ1) is 24.6. The third-order valence-electron chi connectivity index (χ3n) is 4.75. The van der Waals surface area contributed by atoms with Gasteiger partial charge in [0.05, 0.1) is 17.7 Å². The van der Waals surface area contributed by atoms with Gasteiger partial charge in [0.1, 0.15) is 11.5 Å². The van der Waals surface area contributed by atoms with Gasteiger partial charge in [-0.3, -0.25) is 14.3 Å². The van der Waals surface area contributed by atoms with Gasteiger partial charge in [-0.25, -0.2) is 8.42 Å². The van der Waals surface area contributed by atoms with Gasteiger partial charge in [-0.05, 0) is 60.7 Å². The van der Waals surface area contributed by atoms with E-state index >= 15 is 0 Å². The van der Waals surface area contributed by atoms with Crippen LogP contribution in [-0.4, -0.2) is 52.9 Å². The molecule has 10 heteroatoms. The van der Waals surface area contributed by atoms with Crippen molar-refractivity contribution >= 4 is 33.2 Å². The number of likely N-dealkylation sites (N-methyl/N-ethyl adjacent to an activating group) is 1. The van der Waals surface area contributed by atoms with Gasteiger partial charge in [-0.1, -0.05) is 12.1 Å². The zero-order valence-corrected chi connectivity index (χ0v) is 19.8. The zero-order valence-electron chi connectivity index (χ0n) is 18.9. The maximum atomic E-state index is 12.7. The number of benzene rings is 3. The minimum Gasteiger partial charge on any atom is -0.495 e. The Bertz CT molecular complexity index is 1260. The van der Waals surface area contributed by atoms with Gasteiger partial charge in [0.15, 0.2) is 6.61 Å². The molecule has 0 unspecified atom stereocenters. The monoisotopic (exact) mass is 483 g/mol. The minimum absolute atomic E-state index is 0.00345. The Labute approximate surface area is 198 Å². The summed E-state index contributed by atoms with van der Waals surface area (Å²) in [5.41, 5.74) is 1.12. The summed E-state index contributed by atoms with van der Waals surface area (Å²) >= 11 is 0. The molecule has 2 N–H and O–H groups in total. The fourth-order valence-electron chi connectivity index (χ4n) is 2.83. The van der Waals surface area contributed by atoms with Crippen LogP contribution >= 0.6 is 0 Å². The number of hydrogen-bond acceptors (Lipinski definition) is 6. The first-order valence-electron chi connectivity index (χ1n) is 10.2. The van der Waals surface area contributed by atoms with Crippen molar-refractivity contribution in [2.45, 2.75) is 4.90 Å². The number of sulfonamides is 1. The van der Waals surface area contributed by atoms with Crippen molar-refractivity contribution in [2.75, 3.05) is 37.9 Å². The Morgan fingerprint density at radius 3 is 2.18 bits per heavy atom. The summed E-state index contributed by atoms with van der Waals surface area (Å²) in [5, 5.41) is 2.73. The molecule has 0 spiro atoms. The van der Waals surface area contributed by atoms with Gasteiger partial charge in [0.25, 0.3) is 21.8 Å². The van der Waals surface area contributed by atoms with Gasteiger partial charge in [-0.15, -0.1) is 0 Å². The number of rotatable bonds is 9. The number of para-hydroxylation sites is 2. The number of ether oxygens (including phenoxy) is 2. The lowest BCUT2D eigenvalue weighted by atomic mass is 10.2. The molecule has 0 heterocycles. The van der Waals surface area contributed by atoms with Crippen molar-refractivity contribution < 1.29 is 27.5 Å². The molecular weight excluding hydrogens is 458 g/mol. The quantitative estimate of drug-likeness (QED) is 0.483. The third kappa shape index (κ3) is 6.26. The van der Waals surface area contributed by atoms with Crippen LogP contribution in [0.4, 0.5) is 11.4 Å². The van der Waals surface area contributed by atoms with E-state index in [9.17, 15) is 18.0 Å². The van der Waals surface area contributed by atoms with Gasteiger partial charge in [0, 0.05) is 25.3 Å². The van der Waals surface area contributed by atoms with Crippen molar-refractivity contribution in [2.24, 2.45) is 0 Å². The van der Waals surface area contributed by atoms with E-state index in [1.54, 1.807) is 62.6 Å². The summed E-state index contributed by atoms with van der Waals surface area (Å²) in [5.74, 6) is 0.312. The Balaban J connectivity index is 1.63. The molecule has 0 saturated carbocycles. The van der Waals surface area contributed by atoms with E-state index in [4.69, 9.17) is 9.47 Å². The zero-order chi connectivity index (χ0) is 24.7. The van der Waals surface area contributed by atoms with Crippen molar-refractivity contribution in [1.82, 2.24) is 4.90 Å². The van der Waals surface area contributed by atoms with Gasteiger partial charge < -0.3 is 19.7 Å². The highest BCUT2D eigenvalue weighted by atomic mass is 32.2. The molecule has 0 aliphatic carbocycles. The Morgan fingerprint density at radius 1 is 0.912 bits per heavy atom. The minimum atomic E-state index is -3.87. The normalized spacial score (nSPS) is 10.8. The van der Waals surface area contributed by atoms with Crippen LogP contribution in [0.15, 0.2) is 77.7 Å². The number of nitrogens with one attached hydrogen (secondary N) is 2. The Kier molecular flexibility index (Phi) is 7.75. The molecule has 0 aliphatic rings. The van der Waals surface area contributed by atoms with Crippen molar-refractivity contribution in [3.8, 4) is 11.5 Å². The molecule has 3 rings (SSSR count). The Hall–Kier alpha value is -4.05. The van der Waals surface area contributed by atoms with E-state index in [0.29, 0.717) is 22.9 Å². The second-order valence-corrected chi connectivity index (χ2v) is 9.07. The SMILES string of the molecule is COc1ccccc1NS(=O)(=O)c1ccc(C(=O)Nc2ccc(OCC(=O)N(C)C)cc2)cc1. The number of methoxy groups -OCH3 is 1. The Morgan fingerprint density at radius 2 is 1.56 bits per heavy atom. The highest BCUT2D eigenvalue weighted by Crippen LogP contribution is 2.26. The van der Waals surface area contributed by atoms with Gasteiger partial charge >= 0.3 is 0 Å². The van der Waals surface area contributed by atoms with Crippen molar-refractivity contribution in [3.63, 3.8) is 0 Å². The molecule has 178 valence electrons. The van der Waals surface area contributed by atoms with Crippen LogP contribution in [0.2, 0.25) is 0 Å². The molecule has 34 heavy (non-hydrogen) atoms. The van der Waals surface area contributed by atoms with Crippen LogP contribution in [0.25, 0.3) is 0 Å². The summed E-state index contributed by atoms with van der Waals surface area (Å²) in [6, 6.07) is 18.8. The van der Waals surface area contributed by atoms with Crippen LogP contribution in [0.1, 0.15) is 10.4 Å². The molecule has 0 radical (unpaired) electrons. The second kappa shape index (κ2) is 10.7. The maximum Gasteiger partial charge on any atom is 0.262 e. The topological polar surface area (TPSA) is 114 Å². The van der Waals surface area contributed by atoms with Crippen molar-refractivity contribution in [1.29, 1.82) is 0 Å². The number of nitrogens with zero attached hydrogens (tertiary/aromatic N) is 1. The molecule has 9 nitrogen and oxygen atoms in total. The molecule has 0 saturated heterocycles. The number of anilines is 2. The first-order chi connectivity index (χ1) is 16.2. The van der Waals surface area contributed by atoms with Gasteiger partial charge in [-0.2, -0.15) is 0 Å². The van der Waals surface area contributed by atoms with E-state index in [0.717, 1.165) is 0 Å². The van der Waals surface area contributed by atoms with Crippen molar-refractivity contribution in [3.05, 3.63) is 78.4 Å². The third-order valence-corrected chi connectivity index (χ3v) is 6.13. The number of amides is 2. The van der Waals surface area contributed by atoms with Crippen LogP contribution in [0.5, 0.6) is 11.5 Å². The summed E-state index contributed by atoms with van der Waals surface area (Å²) in [4.78, 5) is 25.6. The molecule has 3 aromatic carbocycles. The average Bonchev–Trinajstić information content (AvgIpc) is 2.83. The molecule has 0 fully saturated rings. The highest BCUT2D eigenvalue weighted by molar-refractivity contribution is 7.92. The molecular formula is C24H25N3O6S. The largest absolute Gasteiger partial charge is 0.495 e. The average molecular weight is 484 g/mol. The predicted octanol–water partition coefficient (Wildman–Crippen LogP) is 3.22. The lowest BCUT2D eigenvalue weighted by Crippen LogP contribution is -2.27. The van der Waals surface area contributed by atoms with E-state index in [1.807, 2.05) is 0 Å². The maximum absolute atomic E-state index is 12.7. The summed E-state index contributed by atoms with van der Waals surface area (Å²) < 4.78 is 38.5. The first-order valence-corrected chi connectivity index (χ1v) is 11.7. The molecule has 0 aromatic heterocycles. The van der Waals surface area contributed by atoms with E-state index < -0.39 is 15.9 Å². The lowest BCUT2D eigenvalue weighted by Gasteiger charge is -2.12. The molecule has 2 amide bonds. The van der Waals surface area contributed by atoms with Crippen LogP contribution in [0, 0.1) is 0 Å². The van der Waals surface area contributed by atoms with E-state index in [2.05, 4.69) is 10.0 Å². The van der Waals surface area contributed by atoms with Gasteiger partial charge in [0.2, 0.25) is 0 Å². The fourth-order valence-corrected chi connectivity index (χ4v) is 3.90. The molecule has 3 aromatic rings. The predicted molar refractivity (Wildman–Crippen MR) is 129 cm³/mol. The second-order valence-electron chi connectivity index (χ2n) is 7.39. The number of carbonyl (C=O) groups is 2. The molecule has 0 atom stereocenters. The fraction of sp³-hybridized carbons (Fsp3) is 0.167. The standard InChI is InChI=1S/C24H25N3O6S/c1-27(2)23(28)16-33-19-12-10-18(11-13-19)25-24(29)17-8-14-20(15-9-17)34(30,31)26-21-6-4-5-7-22(21)32-3/h4-15,26H,16H2,1-3H3,(H,25,29). The molecule has 0 bridgehead atoms. The van der Waals surface area contributed by atoms with Crippen LogP contribution in [-0.2, 0) is 14.8 Å². The summed E-state index contributed by atoms with van der Waals surface area (Å²) in [6.07, 6.45) is 0. The van der Waals surface area contributed by atoms with E-state index in [-0.39, 0.29) is 23.0 Å². The van der Waals surface area contributed by atoms with Crippen LogP contribution in [0.3, 0.4) is 0 Å². The smallest absolute Gasteiger partial charge is 0.262 e. The number of carbonyl (C=O) groups excluding carboxylic acids is 2. The number of hydrogen-bond donors (Lipinski definition) is 2.